The summed E-state index contributed by atoms with van der Waals surface area (Å²) >= 11 is 0. The summed E-state index contributed by atoms with van der Waals surface area (Å²) in [5, 5.41) is 9.94. The van der Waals surface area contributed by atoms with Gasteiger partial charge in [-0.25, -0.2) is 0 Å². The lowest BCUT2D eigenvalue weighted by atomic mass is 10.0. The molecule has 0 aliphatic carbocycles. The van der Waals surface area contributed by atoms with Gasteiger partial charge in [0.1, 0.15) is 25.0 Å². The molecule has 0 fully saturated rings. The Kier molecular flexibility index (Phi) is 7.42. The summed E-state index contributed by atoms with van der Waals surface area (Å²) in [5.41, 5.74) is 1.29. The van der Waals surface area contributed by atoms with Gasteiger partial charge in [0.15, 0.2) is 5.78 Å². The van der Waals surface area contributed by atoms with Crippen LogP contribution in [0, 0.1) is 0 Å². The molecule has 0 radical (unpaired) electrons. The van der Waals surface area contributed by atoms with Crippen molar-refractivity contribution in [2.45, 2.75) is 6.10 Å². The average Bonchev–Trinajstić information content (AvgIpc) is 2.52. The Morgan fingerprint density at radius 2 is 1.54 bits per heavy atom. The molecular weight excluding hydrogens is 326 g/mol. The van der Waals surface area contributed by atoms with E-state index in [2.05, 4.69) is 0 Å². The van der Waals surface area contributed by atoms with Crippen LogP contribution in [0.15, 0.2) is 54.6 Å². The maximum absolute atomic E-state index is 12.3. The summed E-state index contributed by atoms with van der Waals surface area (Å²) in [5.74, 6) is 0.636. The van der Waals surface area contributed by atoms with Gasteiger partial charge in [0.25, 0.3) is 0 Å². The van der Waals surface area contributed by atoms with Crippen LogP contribution in [-0.4, -0.2) is 55.8 Å². The van der Waals surface area contributed by atoms with Crippen LogP contribution in [0.25, 0.3) is 0 Å². The van der Waals surface area contributed by atoms with Crippen LogP contribution in [0.1, 0.15) is 15.9 Å². The molecule has 0 aromatic heterocycles. The Bertz CT molecular complexity index is 636. The number of aliphatic hydroxyl groups excluding tert-OH is 1. The van der Waals surface area contributed by atoms with Crippen LogP contribution in [-0.2, 0) is 0 Å². The normalized spacial score (nSPS) is 12.2. The zero-order valence-electron chi connectivity index (χ0n) is 14.3. The maximum Gasteiger partial charge on any atom is 0.193 e. The highest BCUT2D eigenvalue weighted by Crippen LogP contribution is 2.16. The molecule has 0 spiro atoms. The SMILES string of the molecule is C[N+](C)(C)CC(O)COc1ccc(C(=O)c2ccccc2)cc1.[Cl-]. The van der Waals surface area contributed by atoms with Crippen molar-refractivity contribution in [2.24, 2.45) is 0 Å². The van der Waals surface area contributed by atoms with Gasteiger partial charge in [-0.05, 0) is 24.3 Å². The van der Waals surface area contributed by atoms with E-state index in [0.29, 0.717) is 27.9 Å². The number of quaternary nitrogens is 1. The predicted octanol–water partition coefficient (Wildman–Crippen LogP) is -0.632. The molecule has 0 bridgehead atoms. The summed E-state index contributed by atoms with van der Waals surface area (Å²) in [6.07, 6.45) is -0.527. The van der Waals surface area contributed by atoms with E-state index < -0.39 is 6.10 Å². The van der Waals surface area contributed by atoms with Crippen molar-refractivity contribution in [1.82, 2.24) is 0 Å². The number of nitrogens with zero attached hydrogens (tertiary/aromatic N) is 1. The first-order valence-electron chi connectivity index (χ1n) is 7.66. The number of carbonyl (C=O) groups excluding carboxylic acids is 1. The summed E-state index contributed by atoms with van der Waals surface area (Å²) in [6, 6.07) is 16.2. The van der Waals surface area contributed by atoms with E-state index in [-0.39, 0.29) is 24.8 Å². The molecule has 0 saturated heterocycles. The third kappa shape index (κ3) is 6.32. The van der Waals surface area contributed by atoms with E-state index in [4.69, 9.17) is 4.74 Å². The van der Waals surface area contributed by atoms with Crippen LogP contribution in [0.2, 0.25) is 0 Å². The largest absolute Gasteiger partial charge is 1.00 e. The Morgan fingerprint density at radius 3 is 2.08 bits per heavy atom. The molecule has 0 amide bonds. The number of carbonyl (C=O) groups is 1. The first kappa shape index (κ1) is 20.2. The Morgan fingerprint density at radius 1 is 1.00 bits per heavy atom. The molecule has 0 heterocycles. The van der Waals surface area contributed by atoms with Gasteiger partial charge in [0, 0.05) is 11.1 Å². The number of rotatable bonds is 7. The van der Waals surface area contributed by atoms with Crippen molar-refractivity contribution in [1.29, 1.82) is 0 Å². The Balaban J connectivity index is 0.00000288. The molecule has 1 atom stereocenters. The second-order valence-corrected chi connectivity index (χ2v) is 6.66. The average molecular weight is 350 g/mol. The number of halogens is 1. The van der Waals surface area contributed by atoms with E-state index in [1.165, 1.54) is 0 Å². The highest BCUT2D eigenvalue weighted by atomic mass is 35.5. The lowest BCUT2D eigenvalue weighted by Gasteiger charge is -2.26. The van der Waals surface area contributed by atoms with Gasteiger partial charge < -0.3 is 26.7 Å². The number of likely N-dealkylation sites (N-methyl/N-ethyl adjacent to an activating group) is 1. The number of ketones is 1. The second kappa shape index (κ2) is 8.83. The zero-order chi connectivity index (χ0) is 16.9. The van der Waals surface area contributed by atoms with Crippen LogP contribution in [0.5, 0.6) is 5.75 Å². The minimum Gasteiger partial charge on any atom is -1.00 e. The summed E-state index contributed by atoms with van der Waals surface area (Å²) in [4.78, 5) is 12.3. The monoisotopic (exact) mass is 349 g/mol. The van der Waals surface area contributed by atoms with Crippen molar-refractivity contribution in [3.63, 3.8) is 0 Å². The fraction of sp³-hybridized carbons (Fsp3) is 0.316. The molecule has 0 saturated carbocycles. The van der Waals surface area contributed by atoms with Crippen LogP contribution in [0.4, 0.5) is 0 Å². The molecule has 2 aromatic rings. The van der Waals surface area contributed by atoms with E-state index >= 15 is 0 Å². The first-order chi connectivity index (χ1) is 10.8. The number of hydrogen-bond acceptors (Lipinski definition) is 3. The maximum atomic E-state index is 12.3. The highest BCUT2D eigenvalue weighted by Gasteiger charge is 2.16. The topological polar surface area (TPSA) is 46.5 Å². The number of ether oxygens (including phenoxy) is 1. The van der Waals surface area contributed by atoms with Gasteiger partial charge in [0.05, 0.1) is 21.1 Å². The van der Waals surface area contributed by atoms with Gasteiger partial charge >= 0.3 is 0 Å². The fourth-order valence-electron chi connectivity index (χ4n) is 2.34. The minimum absolute atomic E-state index is 0. The molecule has 130 valence electrons. The van der Waals surface area contributed by atoms with Gasteiger partial charge in [-0.15, -0.1) is 0 Å². The second-order valence-electron chi connectivity index (χ2n) is 6.66. The van der Waals surface area contributed by atoms with Crippen molar-refractivity contribution in [3.05, 3.63) is 65.7 Å². The highest BCUT2D eigenvalue weighted by molar-refractivity contribution is 6.08. The third-order valence-electron chi connectivity index (χ3n) is 3.35. The van der Waals surface area contributed by atoms with Gasteiger partial charge in [0.2, 0.25) is 0 Å². The van der Waals surface area contributed by atoms with Crippen molar-refractivity contribution >= 4 is 5.78 Å². The number of benzene rings is 2. The molecule has 4 nitrogen and oxygen atoms in total. The standard InChI is InChI=1S/C19H24NO3.ClH/c1-20(2,3)13-17(21)14-23-18-11-9-16(10-12-18)19(22)15-7-5-4-6-8-15;/h4-12,17,21H,13-14H2,1-3H3;1H/q+1;/p-1. The minimum atomic E-state index is -0.527. The fourth-order valence-corrected chi connectivity index (χ4v) is 2.34. The Hall–Kier alpha value is -1.88. The van der Waals surface area contributed by atoms with Crippen molar-refractivity contribution in [2.75, 3.05) is 34.3 Å². The van der Waals surface area contributed by atoms with Gasteiger partial charge in [-0.1, -0.05) is 30.3 Å². The molecule has 0 aliphatic rings. The molecule has 1 N–H and O–H groups in total. The van der Waals surface area contributed by atoms with Gasteiger partial charge in [-0.2, -0.15) is 0 Å². The Labute approximate surface area is 149 Å². The molecule has 24 heavy (non-hydrogen) atoms. The number of aliphatic hydroxyl groups is 1. The molecule has 2 aromatic carbocycles. The lowest BCUT2D eigenvalue weighted by molar-refractivity contribution is -0.873. The van der Waals surface area contributed by atoms with E-state index in [9.17, 15) is 9.90 Å². The van der Waals surface area contributed by atoms with Crippen molar-refractivity contribution < 1.29 is 31.5 Å². The molecule has 0 aliphatic heterocycles. The third-order valence-corrected chi connectivity index (χ3v) is 3.35. The lowest BCUT2D eigenvalue weighted by Crippen LogP contribution is -3.00. The zero-order valence-corrected chi connectivity index (χ0v) is 15.0. The van der Waals surface area contributed by atoms with Crippen molar-refractivity contribution in [3.8, 4) is 5.75 Å². The quantitative estimate of drug-likeness (QED) is 0.535. The predicted molar refractivity (Wildman–Crippen MR) is 90.7 cm³/mol. The van der Waals surface area contributed by atoms with E-state index in [1.807, 2.05) is 39.3 Å². The molecule has 1 unspecified atom stereocenters. The van der Waals surface area contributed by atoms with Gasteiger partial charge in [-0.3, -0.25) is 4.79 Å². The molecule has 2 rings (SSSR count). The van der Waals surface area contributed by atoms with E-state index in [1.54, 1.807) is 36.4 Å². The van der Waals surface area contributed by atoms with Crippen LogP contribution >= 0.6 is 0 Å². The smallest absolute Gasteiger partial charge is 0.193 e. The molecular formula is C19H24ClNO3. The summed E-state index contributed by atoms with van der Waals surface area (Å²) < 4.78 is 6.26. The number of hydrogen-bond donors (Lipinski definition) is 1. The van der Waals surface area contributed by atoms with E-state index in [0.717, 1.165) is 0 Å². The van der Waals surface area contributed by atoms with Crippen LogP contribution in [0.3, 0.4) is 0 Å². The van der Waals surface area contributed by atoms with Crippen LogP contribution < -0.4 is 17.1 Å². The molecule has 5 heteroatoms. The first-order valence-corrected chi connectivity index (χ1v) is 7.66. The summed E-state index contributed by atoms with van der Waals surface area (Å²) in [7, 11) is 6.06. The summed E-state index contributed by atoms with van der Waals surface area (Å²) in [6.45, 7) is 0.853.